The molecule has 1 saturated heterocycles. The first-order valence-electron chi connectivity index (χ1n) is 8.10. The van der Waals surface area contributed by atoms with Gasteiger partial charge in [-0.3, -0.25) is 4.79 Å². The van der Waals surface area contributed by atoms with Crippen molar-refractivity contribution >= 4 is 17.7 Å². The smallest absolute Gasteiger partial charge is 0.409 e. The molecular formula is C17H21FN2O3. The number of carbonyl (C=O) groups is 2. The molecular weight excluding hydrogens is 299 g/mol. The third-order valence-electron chi connectivity index (χ3n) is 4.78. The van der Waals surface area contributed by atoms with E-state index in [-0.39, 0.29) is 17.8 Å². The first-order valence-corrected chi connectivity index (χ1v) is 8.10. The molecule has 2 aliphatic rings. The van der Waals surface area contributed by atoms with Crippen molar-refractivity contribution in [2.75, 3.05) is 25.0 Å². The van der Waals surface area contributed by atoms with E-state index in [4.69, 9.17) is 4.74 Å². The lowest BCUT2D eigenvalue weighted by atomic mass is 9.74. The minimum absolute atomic E-state index is 0.0999. The molecule has 0 unspecified atom stereocenters. The summed E-state index contributed by atoms with van der Waals surface area (Å²) in [6.07, 6.45) is 2.46. The van der Waals surface area contributed by atoms with Gasteiger partial charge in [0.2, 0.25) is 5.91 Å². The van der Waals surface area contributed by atoms with Crippen molar-refractivity contribution in [3.8, 4) is 0 Å². The van der Waals surface area contributed by atoms with Crippen LogP contribution in [0.4, 0.5) is 14.9 Å². The third kappa shape index (κ3) is 2.78. The summed E-state index contributed by atoms with van der Waals surface area (Å²) in [6, 6.07) is 4.38. The summed E-state index contributed by atoms with van der Waals surface area (Å²) in [5.41, 5.74) is 0.661. The van der Waals surface area contributed by atoms with Gasteiger partial charge >= 0.3 is 6.09 Å². The van der Waals surface area contributed by atoms with Gasteiger partial charge in [-0.2, -0.15) is 0 Å². The van der Waals surface area contributed by atoms with Gasteiger partial charge in [0.05, 0.1) is 12.0 Å². The molecule has 1 aromatic rings. The molecule has 3 rings (SSSR count). The number of nitrogens with one attached hydrogen (secondary N) is 1. The second kappa shape index (κ2) is 6.18. The highest BCUT2D eigenvalue weighted by atomic mass is 19.1. The van der Waals surface area contributed by atoms with Crippen LogP contribution >= 0.6 is 0 Å². The molecule has 1 spiro atoms. The molecule has 2 amide bonds. The van der Waals surface area contributed by atoms with Gasteiger partial charge < -0.3 is 15.0 Å². The summed E-state index contributed by atoms with van der Waals surface area (Å²) in [5.74, 6) is -0.446. The van der Waals surface area contributed by atoms with Crippen LogP contribution in [0.15, 0.2) is 18.2 Å². The first-order chi connectivity index (χ1) is 11.1. The Kier molecular flexibility index (Phi) is 4.24. The summed E-state index contributed by atoms with van der Waals surface area (Å²) in [5, 5.41) is 2.83. The zero-order valence-corrected chi connectivity index (χ0v) is 13.2. The number of halogens is 1. The van der Waals surface area contributed by atoms with Gasteiger partial charge in [0.25, 0.3) is 0 Å². The average molecular weight is 320 g/mol. The van der Waals surface area contributed by atoms with Crippen LogP contribution in [-0.4, -0.2) is 36.6 Å². The predicted octanol–water partition coefficient (Wildman–Crippen LogP) is 3.05. The number of unbranched alkanes of at least 4 members (excludes halogenated alkanes) is 1. The van der Waals surface area contributed by atoms with Gasteiger partial charge in [-0.25, -0.2) is 9.18 Å². The minimum atomic E-state index is -0.725. The number of likely N-dealkylation sites (tertiary alicyclic amines) is 1. The quantitative estimate of drug-likeness (QED) is 0.871. The highest BCUT2D eigenvalue weighted by Crippen LogP contribution is 2.45. The number of fused-ring (bicyclic) bond motifs is 2. The summed E-state index contributed by atoms with van der Waals surface area (Å²) in [7, 11) is 0. The van der Waals surface area contributed by atoms with Gasteiger partial charge in [-0.15, -0.1) is 0 Å². The molecule has 5 nitrogen and oxygen atoms in total. The van der Waals surface area contributed by atoms with E-state index in [1.54, 1.807) is 11.0 Å². The monoisotopic (exact) mass is 320 g/mol. The Morgan fingerprint density at radius 2 is 2.13 bits per heavy atom. The Labute approximate surface area is 134 Å². The number of hydrogen-bond donors (Lipinski definition) is 1. The summed E-state index contributed by atoms with van der Waals surface area (Å²) in [6.45, 7) is 3.34. The highest BCUT2D eigenvalue weighted by Gasteiger charge is 2.49. The number of benzene rings is 1. The molecule has 2 heterocycles. The normalized spacial score (nSPS) is 18.7. The zero-order valence-electron chi connectivity index (χ0n) is 13.2. The summed E-state index contributed by atoms with van der Waals surface area (Å²) >= 11 is 0. The lowest BCUT2D eigenvalue weighted by Gasteiger charge is -2.37. The maximum atomic E-state index is 13.6. The number of anilines is 1. The molecule has 6 heteroatoms. The van der Waals surface area contributed by atoms with Crippen molar-refractivity contribution in [2.24, 2.45) is 0 Å². The molecule has 0 saturated carbocycles. The van der Waals surface area contributed by atoms with Gasteiger partial charge in [-0.05, 0) is 43.0 Å². The molecule has 124 valence electrons. The number of amides is 2. The molecule has 0 radical (unpaired) electrons. The molecule has 0 bridgehead atoms. The minimum Gasteiger partial charge on any atom is -0.449 e. The van der Waals surface area contributed by atoms with Crippen LogP contribution in [0.2, 0.25) is 0 Å². The Hall–Kier alpha value is -2.11. The fraction of sp³-hybridized carbons (Fsp3) is 0.529. The SMILES string of the molecule is CCCCOC(=O)N1CCC2(CC1)C(=O)Nc1ccc(F)cc12. The van der Waals surface area contributed by atoms with Gasteiger partial charge in [0, 0.05) is 18.8 Å². The van der Waals surface area contributed by atoms with Crippen LogP contribution in [-0.2, 0) is 14.9 Å². The lowest BCUT2D eigenvalue weighted by molar-refractivity contribution is -0.122. The summed E-state index contributed by atoms with van der Waals surface area (Å²) in [4.78, 5) is 26.1. The van der Waals surface area contributed by atoms with Crippen molar-refractivity contribution in [2.45, 2.75) is 38.0 Å². The number of rotatable bonds is 3. The van der Waals surface area contributed by atoms with E-state index >= 15 is 0 Å². The molecule has 1 N–H and O–H groups in total. The van der Waals surface area contributed by atoms with Crippen LogP contribution in [0.5, 0.6) is 0 Å². The van der Waals surface area contributed by atoms with E-state index in [0.717, 1.165) is 12.8 Å². The Balaban J connectivity index is 1.70. The number of carbonyl (C=O) groups excluding carboxylic acids is 2. The maximum Gasteiger partial charge on any atom is 0.409 e. The van der Waals surface area contributed by atoms with Crippen molar-refractivity contribution in [3.05, 3.63) is 29.6 Å². The Morgan fingerprint density at radius 1 is 1.39 bits per heavy atom. The second-order valence-electron chi connectivity index (χ2n) is 6.18. The Bertz CT molecular complexity index is 624. The van der Waals surface area contributed by atoms with Crippen LogP contribution in [0.25, 0.3) is 0 Å². The van der Waals surface area contributed by atoms with Crippen molar-refractivity contribution in [3.63, 3.8) is 0 Å². The predicted molar refractivity (Wildman–Crippen MR) is 83.8 cm³/mol. The van der Waals surface area contributed by atoms with Crippen LogP contribution in [0, 0.1) is 5.82 Å². The molecule has 0 aliphatic carbocycles. The van der Waals surface area contributed by atoms with Crippen molar-refractivity contribution in [1.82, 2.24) is 4.90 Å². The second-order valence-corrected chi connectivity index (χ2v) is 6.18. The zero-order chi connectivity index (χ0) is 16.4. The third-order valence-corrected chi connectivity index (χ3v) is 4.78. The Morgan fingerprint density at radius 3 is 2.83 bits per heavy atom. The molecule has 1 aromatic carbocycles. The number of nitrogens with zero attached hydrogens (tertiary/aromatic N) is 1. The number of piperidine rings is 1. The summed E-state index contributed by atoms with van der Waals surface area (Å²) < 4.78 is 18.8. The molecule has 23 heavy (non-hydrogen) atoms. The fourth-order valence-corrected chi connectivity index (χ4v) is 3.35. The van der Waals surface area contributed by atoms with E-state index in [0.29, 0.717) is 43.8 Å². The average Bonchev–Trinajstić information content (AvgIpc) is 2.81. The van der Waals surface area contributed by atoms with Crippen LogP contribution < -0.4 is 5.32 Å². The number of ether oxygens (including phenoxy) is 1. The molecule has 0 aromatic heterocycles. The van der Waals surface area contributed by atoms with Crippen molar-refractivity contribution in [1.29, 1.82) is 0 Å². The fourth-order valence-electron chi connectivity index (χ4n) is 3.35. The van der Waals surface area contributed by atoms with Gasteiger partial charge in [0.1, 0.15) is 5.82 Å². The van der Waals surface area contributed by atoms with E-state index in [1.165, 1.54) is 12.1 Å². The standard InChI is InChI=1S/C17H21FN2O3/c1-2-3-10-23-16(22)20-8-6-17(7-9-20)13-11-12(18)4-5-14(13)19-15(17)21/h4-5,11H,2-3,6-10H2,1H3,(H,19,21). The maximum absolute atomic E-state index is 13.6. The van der Waals surface area contributed by atoms with E-state index in [9.17, 15) is 14.0 Å². The lowest BCUT2D eigenvalue weighted by Crippen LogP contribution is -2.48. The first kappa shape index (κ1) is 15.8. The van der Waals surface area contributed by atoms with Gasteiger partial charge in [0.15, 0.2) is 0 Å². The van der Waals surface area contributed by atoms with Crippen LogP contribution in [0.3, 0.4) is 0 Å². The van der Waals surface area contributed by atoms with Crippen molar-refractivity contribution < 1.29 is 18.7 Å². The highest BCUT2D eigenvalue weighted by molar-refractivity contribution is 6.06. The largest absolute Gasteiger partial charge is 0.449 e. The molecule has 0 atom stereocenters. The van der Waals surface area contributed by atoms with Crippen LogP contribution in [0.1, 0.15) is 38.2 Å². The molecule has 2 aliphatic heterocycles. The van der Waals surface area contributed by atoms with E-state index in [2.05, 4.69) is 5.32 Å². The topological polar surface area (TPSA) is 58.6 Å². The van der Waals surface area contributed by atoms with Gasteiger partial charge in [-0.1, -0.05) is 13.3 Å². The molecule has 1 fully saturated rings. The van der Waals surface area contributed by atoms with E-state index in [1.807, 2.05) is 6.92 Å². The number of hydrogen-bond acceptors (Lipinski definition) is 3. The van der Waals surface area contributed by atoms with E-state index < -0.39 is 5.41 Å².